The van der Waals surface area contributed by atoms with E-state index in [0.717, 1.165) is 0 Å². The lowest BCUT2D eigenvalue weighted by molar-refractivity contribution is -0.146. The Morgan fingerprint density at radius 3 is 2.76 bits per heavy atom. The molecule has 0 saturated heterocycles. The third kappa shape index (κ3) is 7.39. The molecule has 1 aromatic rings. The molecule has 1 atom stereocenters. The fraction of sp³-hybridized carbons (Fsp3) is 0.462. The Hall–Kier alpha value is -1.98. The smallest absolute Gasteiger partial charge is 0.344 e. The maximum atomic E-state index is 13.7. The number of hydrogen-bond acceptors (Lipinski definition) is 4. The van der Waals surface area contributed by atoms with Crippen molar-refractivity contribution in [3.63, 3.8) is 0 Å². The Morgan fingerprint density at radius 2 is 2.14 bits per heavy atom. The minimum atomic E-state index is -1.70. The van der Waals surface area contributed by atoms with Gasteiger partial charge in [-0.3, -0.25) is 0 Å². The molecule has 0 radical (unpaired) electrons. The minimum Gasteiger partial charge on any atom is -0.482 e. The van der Waals surface area contributed by atoms with E-state index in [0.29, 0.717) is 10.8 Å². The molecule has 1 unspecified atom stereocenters. The van der Waals surface area contributed by atoms with E-state index in [1.54, 1.807) is 24.3 Å². The quantitative estimate of drug-likeness (QED) is 0.317. The summed E-state index contributed by atoms with van der Waals surface area (Å²) in [5, 5.41) is 3.72. The zero-order valence-corrected chi connectivity index (χ0v) is 12.2. The van der Waals surface area contributed by atoms with Crippen LogP contribution in [-0.2, 0) is 9.53 Å². The monoisotopic (exact) mass is 315 g/mol. The molecular formula is C13H15ClFN3O3. The predicted octanol–water partition coefficient (Wildman–Crippen LogP) is 3.69. The average Bonchev–Trinajstić information content (AvgIpc) is 2.44. The van der Waals surface area contributed by atoms with Crippen LogP contribution in [0.1, 0.15) is 13.3 Å². The van der Waals surface area contributed by atoms with Gasteiger partial charge in [-0.25, -0.2) is 9.18 Å². The summed E-state index contributed by atoms with van der Waals surface area (Å²) in [6.07, 6.45) is -0.0568. The number of halogens is 2. The summed E-state index contributed by atoms with van der Waals surface area (Å²) in [6.45, 7) is 0.583. The van der Waals surface area contributed by atoms with E-state index in [-0.39, 0.29) is 26.2 Å². The number of alkyl halides is 1. The van der Waals surface area contributed by atoms with Crippen molar-refractivity contribution in [2.75, 3.05) is 19.8 Å². The van der Waals surface area contributed by atoms with Crippen molar-refractivity contribution in [2.45, 2.75) is 19.0 Å². The lowest BCUT2D eigenvalue weighted by atomic mass is 10.1. The molecule has 1 rings (SSSR count). The Bertz CT molecular complexity index is 516. The molecule has 0 aliphatic heterocycles. The van der Waals surface area contributed by atoms with Crippen molar-refractivity contribution in [2.24, 2.45) is 5.11 Å². The zero-order chi connectivity index (χ0) is 15.7. The van der Waals surface area contributed by atoms with E-state index in [1.165, 1.54) is 6.92 Å². The number of carbonyl (C=O) groups excluding carboxylic acids is 1. The van der Waals surface area contributed by atoms with E-state index in [2.05, 4.69) is 10.0 Å². The van der Waals surface area contributed by atoms with Crippen LogP contribution in [0.15, 0.2) is 29.4 Å². The first-order valence-electron chi connectivity index (χ1n) is 6.17. The molecule has 1 aromatic carbocycles. The van der Waals surface area contributed by atoms with Crippen molar-refractivity contribution in [1.82, 2.24) is 0 Å². The molecule has 0 amide bonds. The topological polar surface area (TPSA) is 84.3 Å². The van der Waals surface area contributed by atoms with Gasteiger partial charge in [-0.1, -0.05) is 16.7 Å². The maximum Gasteiger partial charge on any atom is 0.344 e. The van der Waals surface area contributed by atoms with Gasteiger partial charge in [0.25, 0.3) is 0 Å². The van der Waals surface area contributed by atoms with E-state index in [4.69, 9.17) is 26.6 Å². The van der Waals surface area contributed by atoms with Gasteiger partial charge in [0.1, 0.15) is 11.4 Å². The Balaban J connectivity index is 2.25. The van der Waals surface area contributed by atoms with Crippen LogP contribution in [0.4, 0.5) is 4.39 Å². The van der Waals surface area contributed by atoms with Gasteiger partial charge in [0.2, 0.25) is 0 Å². The van der Waals surface area contributed by atoms with Crippen molar-refractivity contribution >= 4 is 17.6 Å². The van der Waals surface area contributed by atoms with Gasteiger partial charge in [0.15, 0.2) is 6.61 Å². The summed E-state index contributed by atoms with van der Waals surface area (Å²) in [7, 11) is 0. The first-order valence-corrected chi connectivity index (χ1v) is 6.54. The maximum absolute atomic E-state index is 13.7. The summed E-state index contributed by atoms with van der Waals surface area (Å²) in [5.41, 5.74) is 6.42. The molecule has 21 heavy (non-hydrogen) atoms. The fourth-order valence-electron chi connectivity index (χ4n) is 1.35. The SMILES string of the molecule is CC(F)(CCOC(=O)COc1ccc(Cl)cc1)CN=[N+]=[N-]. The second-order valence-electron chi connectivity index (χ2n) is 4.52. The normalized spacial score (nSPS) is 12.9. The number of azide groups is 1. The molecule has 0 aliphatic rings. The van der Waals surface area contributed by atoms with Gasteiger partial charge in [-0.2, -0.15) is 0 Å². The van der Waals surface area contributed by atoms with Gasteiger partial charge >= 0.3 is 5.97 Å². The van der Waals surface area contributed by atoms with Gasteiger partial charge in [-0.05, 0) is 36.7 Å². The standard InChI is InChI=1S/C13H15ClFN3O3/c1-13(15,9-17-18-16)6-7-20-12(19)8-21-11-4-2-10(14)3-5-11/h2-5H,6-9H2,1H3. The van der Waals surface area contributed by atoms with Crippen molar-refractivity contribution in [1.29, 1.82) is 0 Å². The van der Waals surface area contributed by atoms with Gasteiger partial charge < -0.3 is 9.47 Å². The molecule has 0 aliphatic carbocycles. The predicted molar refractivity (Wildman–Crippen MR) is 76.0 cm³/mol. The van der Waals surface area contributed by atoms with E-state index in [1.807, 2.05) is 0 Å². The summed E-state index contributed by atoms with van der Waals surface area (Å²) >= 11 is 5.71. The highest BCUT2D eigenvalue weighted by atomic mass is 35.5. The molecule has 6 nitrogen and oxygen atoms in total. The van der Waals surface area contributed by atoms with Crippen molar-refractivity contribution in [3.8, 4) is 5.75 Å². The number of carbonyl (C=O) groups is 1. The van der Waals surface area contributed by atoms with Gasteiger partial charge in [-0.15, -0.1) is 0 Å². The van der Waals surface area contributed by atoms with Crippen LogP contribution in [0, 0.1) is 0 Å². The second kappa shape index (κ2) is 8.34. The van der Waals surface area contributed by atoms with Gasteiger partial charge in [0.05, 0.1) is 13.2 Å². The van der Waals surface area contributed by atoms with Crippen LogP contribution in [-0.4, -0.2) is 31.4 Å². The second-order valence-corrected chi connectivity index (χ2v) is 4.95. The van der Waals surface area contributed by atoms with E-state index < -0.39 is 11.6 Å². The molecular weight excluding hydrogens is 301 g/mol. The first-order chi connectivity index (χ1) is 9.93. The Kier molecular flexibility index (Phi) is 6.78. The molecule has 8 heteroatoms. The molecule has 114 valence electrons. The van der Waals surface area contributed by atoms with E-state index >= 15 is 0 Å². The van der Waals surface area contributed by atoms with Crippen molar-refractivity contribution < 1.29 is 18.7 Å². The lowest BCUT2D eigenvalue weighted by Crippen LogP contribution is -2.26. The Labute approximate surface area is 126 Å². The summed E-state index contributed by atoms with van der Waals surface area (Å²) in [5.74, 6) is -0.125. The fourth-order valence-corrected chi connectivity index (χ4v) is 1.48. The van der Waals surface area contributed by atoms with Gasteiger partial charge in [0, 0.05) is 16.4 Å². The molecule has 0 fully saturated rings. The third-order valence-electron chi connectivity index (χ3n) is 2.52. The van der Waals surface area contributed by atoms with Crippen molar-refractivity contribution in [3.05, 3.63) is 39.7 Å². The highest BCUT2D eigenvalue weighted by Crippen LogP contribution is 2.17. The van der Waals surface area contributed by atoms with Crippen LogP contribution >= 0.6 is 11.6 Å². The highest BCUT2D eigenvalue weighted by molar-refractivity contribution is 6.30. The molecule has 0 N–H and O–H groups in total. The number of nitrogens with zero attached hydrogens (tertiary/aromatic N) is 3. The number of benzene rings is 1. The largest absolute Gasteiger partial charge is 0.482 e. The molecule has 0 bridgehead atoms. The highest BCUT2D eigenvalue weighted by Gasteiger charge is 2.22. The summed E-state index contributed by atoms with van der Waals surface area (Å²) < 4.78 is 23.7. The number of hydrogen-bond donors (Lipinski definition) is 0. The van der Waals surface area contributed by atoms with Crippen LogP contribution in [0.2, 0.25) is 5.02 Å². The lowest BCUT2D eigenvalue weighted by Gasteiger charge is -2.17. The number of esters is 1. The first kappa shape index (κ1) is 17.1. The molecule has 0 spiro atoms. The van der Waals surface area contributed by atoms with Crippen LogP contribution in [0.3, 0.4) is 0 Å². The third-order valence-corrected chi connectivity index (χ3v) is 2.77. The molecule has 0 heterocycles. The molecule has 0 aromatic heterocycles. The minimum absolute atomic E-state index is 0.0568. The Morgan fingerprint density at radius 1 is 1.48 bits per heavy atom. The summed E-state index contributed by atoms with van der Waals surface area (Å²) in [6, 6.07) is 6.50. The number of ether oxygens (including phenoxy) is 2. The number of rotatable bonds is 8. The van der Waals surface area contributed by atoms with Crippen LogP contribution in [0.5, 0.6) is 5.75 Å². The van der Waals surface area contributed by atoms with Crippen LogP contribution in [0.25, 0.3) is 10.4 Å². The van der Waals surface area contributed by atoms with E-state index in [9.17, 15) is 9.18 Å². The molecule has 0 saturated carbocycles. The average molecular weight is 316 g/mol. The zero-order valence-electron chi connectivity index (χ0n) is 11.5. The summed E-state index contributed by atoms with van der Waals surface area (Å²) in [4.78, 5) is 13.9. The van der Waals surface area contributed by atoms with Crippen LogP contribution < -0.4 is 4.74 Å².